The molecule has 22 heavy (non-hydrogen) atoms. The Morgan fingerprint density at radius 3 is 2.68 bits per heavy atom. The van der Waals surface area contributed by atoms with Crippen LogP contribution in [-0.4, -0.2) is 11.1 Å². The summed E-state index contributed by atoms with van der Waals surface area (Å²) in [4.78, 5) is 11.7. The molecule has 0 radical (unpaired) electrons. The number of carbonyl (C=O) groups is 1. The fourth-order valence-corrected chi connectivity index (χ4v) is 2.20. The molecule has 0 saturated heterocycles. The van der Waals surface area contributed by atoms with Crippen LogP contribution in [0.25, 0.3) is 11.3 Å². The summed E-state index contributed by atoms with van der Waals surface area (Å²) in [7, 11) is 0. The number of halogens is 2. The molecule has 0 fully saturated rings. The fourth-order valence-electron chi connectivity index (χ4n) is 1.77. The number of benzene rings is 1. The summed E-state index contributed by atoms with van der Waals surface area (Å²) in [5.41, 5.74) is 1.50. The number of rotatable bonds is 4. The Bertz CT molecular complexity index is 794. The zero-order chi connectivity index (χ0) is 15.5. The number of hydrogen-bond acceptors (Lipinski definition) is 5. The molecule has 3 aromatic rings. The highest BCUT2D eigenvalue weighted by Gasteiger charge is 2.14. The van der Waals surface area contributed by atoms with Crippen LogP contribution in [0.3, 0.4) is 0 Å². The van der Waals surface area contributed by atoms with Crippen LogP contribution in [0.2, 0.25) is 5.02 Å². The molecule has 7 heteroatoms. The summed E-state index contributed by atoms with van der Waals surface area (Å²) in [5, 5.41) is 4.58. The largest absolute Gasteiger partial charge is 0.452 e. The van der Waals surface area contributed by atoms with E-state index in [0.29, 0.717) is 21.1 Å². The first-order chi connectivity index (χ1) is 10.6. The maximum absolute atomic E-state index is 11.7. The van der Waals surface area contributed by atoms with E-state index in [1.54, 1.807) is 24.3 Å². The molecule has 2 heterocycles. The molecular formula is C15H9BrClNO4. The lowest BCUT2D eigenvalue weighted by Crippen LogP contribution is -2.03. The third kappa shape index (κ3) is 3.40. The maximum atomic E-state index is 11.7. The zero-order valence-electron chi connectivity index (χ0n) is 11.1. The highest BCUT2D eigenvalue weighted by atomic mass is 79.9. The minimum atomic E-state index is -0.574. The van der Waals surface area contributed by atoms with Gasteiger partial charge in [0.1, 0.15) is 5.69 Å². The van der Waals surface area contributed by atoms with Crippen LogP contribution in [0.1, 0.15) is 16.3 Å². The molecule has 1 aromatic carbocycles. The first-order valence-electron chi connectivity index (χ1n) is 6.26. The number of hydrogen-bond donors (Lipinski definition) is 0. The van der Waals surface area contributed by atoms with Gasteiger partial charge >= 0.3 is 5.97 Å². The standard InChI is InChI=1S/C15H9BrClNO4/c16-14-6-5-13(21-14)15(19)20-8-11-7-12(18-22-11)9-1-3-10(17)4-2-9/h1-7H,8H2. The average Bonchev–Trinajstić information content (AvgIpc) is 3.15. The van der Waals surface area contributed by atoms with Crippen molar-refractivity contribution < 1.29 is 18.5 Å². The van der Waals surface area contributed by atoms with E-state index in [2.05, 4.69) is 21.1 Å². The van der Waals surface area contributed by atoms with Gasteiger partial charge in [0, 0.05) is 16.7 Å². The van der Waals surface area contributed by atoms with Crippen molar-refractivity contribution in [1.82, 2.24) is 5.16 Å². The van der Waals surface area contributed by atoms with Crippen molar-refractivity contribution in [3.8, 4) is 11.3 Å². The molecule has 0 aliphatic heterocycles. The highest BCUT2D eigenvalue weighted by Crippen LogP contribution is 2.22. The lowest BCUT2D eigenvalue weighted by atomic mass is 10.1. The minimum Gasteiger partial charge on any atom is -0.452 e. The van der Waals surface area contributed by atoms with Crippen molar-refractivity contribution >= 4 is 33.5 Å². The molecule has 0 atom stereocenters. The topological polar surface area (TPSA) is 65.5 Å². The van der Waals surface area contributed by atoms with Crippen LogP contribution in [-0.2, 0) is 11.3 Å². The van der Waals surface area contributed by atoms with Crippen molar-refractivity contribution in [1.29, 1.82) is 0 Å². The van der Waals surface area contributed by atoms with E-state index in [9.17, 15) is 4.79 Å². The molecule has 0 unspecified atom stereocenters. The van der Waals surface area contributed by atoms with Gasteiger partial charge < -0.3 is 13.7 Å². The molecule has 0 bridgehead atoms. The van der Waals surface area contributed by atoms with E-state index in [-0.39, 0.29) is 12.4 Å². The van der Waals surface area contributed by atoms with Crippen LogP contribution in [0.5, 0.6) is 0 Å². The Kier molecular flexibility index (Phi) is 4.31. The number of esters is 1. The summed E-state index contributed by atoms with van der Waals surface area (Å²) >= 11 is 8.95. The highest BCUT2D eigenvalue weighted by molar-refractivity contribution is 9.10. The summed E-state index contributed by atoms with van der Waals surface area (Å²) in [6.07, 6.45) is 0. The second-order valence-corrected chi connectivity index (χ2v) is 5.58. The van der Waals surface area contributed by atoms with Gasteiger partial charge in [-0.3, -0.25) is 0 Å². The van der Waals surface area contributed by atoms with Crippen molar-refractivity contribution in [3.05, 3.63) is 63.7 Å². The molecule has 0 amide bonds. The van der Waals surface area contributed by atoms with Gasteiger partial charge in [-0.2, -0.15) is 0 Å². The predicted octanol–water partition coefficient (Wildman–Crippen LogP) is 4.71. The van der Waals surface area contributed by atoms with E-state index in [1.165, 1.54) is 6.07 Å². The Morgan fingerprint density at radius 2 is 2.00 bits per heavy atom. The number of ether oxygens (including phenoxy) is 1. The molecule has 0 aliphatic carbocycles. The van der Waals surface area contributed by atoms with Gasteiger partial charge in [-0.15, -0.1) is 0 Å². The average molecular weight is 383 g/mol. The van der Waals surface area contributed by atoms with Gasteiger partial charge in [-0.25, -0.2) is 4.79 Å². The fraction of sp³-hybridized carbons (Fsp3) is 0.0667. The molecule has 2 aromatic heterocycles. The minimum absolute atomic E-state index is 0.0300. The zero-order valence-corrected chi connectivity index (χ0v) is 13.4. The van der Waals surface area contributed by atoms with Crippen molar-refractivity contribution in [2.45, 2.75) is 6.61 Å². The maximum Gasteiger partial charge on any atom is 0.374 e. The van der Waals surface area contributed by atoms with Crippen molar-refractivity contribution in [2.24, 2.45) is 0 Å². The summed E-state index contributed by atoms with van der Waals surface area (Å²) in [6.45, 7) is -0.0300. The Morgan fingerprint density at radius 1 is 1.23 bits per heavy atom. The molecular weight excluding hydrogens is 374 g/mol. The molecule has 3 rings (SSSR count). The van der Waals surface area contributed by atoms with Crippen LogP contribution in [0, 0.1) is 0 Å². The van der Waals surface area contributed by atoms with Gasteiger partial charge in [0.15, 0.2) is 17.0 Å². The van der Waals surface area contributed by atoms with Crippen molar-refractivity contribution in [3.63, 3.8) is 0 Å². The van der Waals surface area contributed by atoms with Crippen LogP contribution in [0.4, 0.5) is 0 Å². The Balaban J connectivity index is 1.64. The van der Waals surface area contributed by atoms with Crippen LogP contribution in [0.15, 0.2) is 56.1 Å². The van der Waals surface area contributed by atoms with E-state index in [1.807, 2.05) is 12.1 Å². The van der Waals surface area contributed by atoms with E-state index >= 15 is 0 Å². The molecule has 0 spiro atoms. The molecule has 112 valence electrons. The monoisotopic (exact) mass is 381 g/mol. The molecule has 0 saturated carbocycles. The molecule has 0 N–H and O–H groups in total. The summed E-state index contributed by atoms with van der Waals surface area (Å²) in [6, 6.07) is 12.0. The number of carbonyl (C=O) groups excluding carboxylic acids is 1. The van der Waals surface area contributed by atoms with Crippen molar-refractivity contribution in [2.75, 3.05) is 0 Å². The Labute approximate surface area is 138 Å². The van der Waals surface area contributed by atoms with Crippen LogP contribution >= 0.6 is 27.5 Å². The molecule has 5 nitrogen and oxygen atoms in total. The smallest absolute Gasteiger partial charge is 0.374 e. The lowest BCUT2D eigenvalue weighted by Gasteiger charge is -1.98. The van der Waals surface area contributed by atoms with E-state index in [4.69, 9.17) is 25.3 Å². The molecule has 0 aliphatic rings. The Hall–Kier alpha value is -2.05. The number of aromatic nitrogens is 1. The van der Waals surface area contributed by atoms with Gasteiger partial charge in [-0.1, -0.05) is 28.9 Å². The van der Waals surface area contributed by atoms with Gasteiger partial charge in [-0.05, 0) is 40.2 Å². The first-order valence-corrected chi connectivity index (χ1v) is 7.43. The van der Waals surface area contributed by atoms with Crippen LogP contribution < -0.4 is 0 Å². The lowest BCUT2D eigenvalue weighted by molar-refractivity contribution is 0.0400. The van der Waals surface area contributed by atoms with E-state index < -0.39 is 5.97 Å². The van der Waals surface area contributed by atoms with Gasteiger partial charge in [0.2, 0.25) is 5.76 Å². The predicted molar refractivity (Wildman–Crippen MR) is 82.5 cm³/mol. The third-order valence-electron chi connectivity index (χ3n) is 2.82. The second-order valence-electron chi connectivity index (χ2n) is 4.37. The number of furan rings is 1. The summed E-state index contributed by atoms with van der Waals surface area (Å²) in [5.74, 6) is -0.0246. The van der Waals surface area contributed by atoms with E-state index in [0.717, 1.165) is 5.56 Å². The quantitative estimate of drug-likeness (QED) is 0.612. The SMILES string of the molecule is O=C(OCc1cc(-c2ccc(Cl)cc2)no1)c1ccc(Br)o1. The first kappa shape index (κ1) is 14.9. The third-order valence-corrected chi connectivity index (χ3v) is 3.50. The second kappa shape index (κ2) is 6.37. The number of nitrogens with zero attached hydrogens (tertiary/aromatic N) is 1. The van der Waals surface area contributed by atoms with Gasteiger partial charge in [0.25, 0.3) is 0 Å². The van der Waals surface area contributed by atoms with Gasteiger partial charge in [0.05, 0.1) is 0 Å². The summed E-state index contributed by atoms with van der Waals surface area (Å²) < 4.78 is 15.8. The normalized spacial score (nSPS) is 10.6.